The molecule has 2 aromatic carbocycles. The Balaban J connectivity index is 2.19. The summed E-state index contributed by atoms with van der Waals surface area (Å²) in [6.07, 6.45) is 1.66. The van der Waals surface area contributed by atoms with E-state index in [-0.39, 0.29) is 5.91 Å². The van der Waals surface area contributed by atoms with Crippen molar-refractivity contribution >= 4 is 27.5 Å². The number of hydrogen-bond acceptors (Lipinski definition) is 3. The van der Waals surface area contributed by atoms with Crippen molar-refractivity contribution in [2.75, 3.05) is 18.5 Å². The van der Waals surface area contributed by atoms with Crippen LogP contribution in [0, 0.1) is 0 Å². The van der Waals surface area contributed by atoms with E-state index in [0.29, 0.717) is 36.0 Å². The summed E-state index contributed by atoms with van der Waals surface area (Å²) in [6.45, 7) is 6.36. The number of anilines is 1. The Morgan fingerprint density at radius 3 is 2.74 bits per heavy atom. The molecule has 4 nitrogen and oxygen atoms in total. The normalized spacial score (nSPS) is 10.0. The van der Waals surface area contributed by atoms with Gasteiger partial charge in [-0.05, 0) is 43.3 Å². The SMILES string of the molecule is C=CCOc1ccc(C(=O)Nc2cccc(Br)c2)cc1OCC. The van der Waals surface area contributed by atoms with Gasteiger partial charge in [-0.1, -0.05) is 34.7 Å². The minimum Gasteiger partial charge on any atom is -0.490 e. The van der Waals surface area contributed by atoms with Gasteiger partial charge in [0.05, 0.1) is 6.61 Å². The van der Waals surface area contributed by atoms with Crippen molar-refractivity contribution in [3.63, 3.8) is 0 Å². The third-order valence-corrected chi connectivity index (χ3v) is 3.44. The standard InChI is InChI=1S/C18H18BrNO3/c1-3-10-23-16-9-8-13(11-17(16)22-4-2)18(21)20-15-7-5-6-14(19)12-15/h3,5-9,11-12H,1,4,10H2,2H3,(H,20,21). The van der Waals surface area contributed by atoms with Crippen LogP contribution < -0.4 is 14.8 Å². The molecule has 1 amide bonds. The zero-order valence-corrected chi connectivity index (χ0v) is 14.4. The summed E-state index contributed by atoms with van der Waals surface area (Å²) < 4.78 is 12.0. The van der Waals surface area contributed by atoms with Crippen LogP contribution >= 0.6 is 15.9 Å². The minimum atomic E-state index is -0.209. The van der Waals surface area contributed by atoms with Gasteiger partial charge in [0.2, 0.25) is 0 Å². The molecule has 0 heterocycles. The fourth-order valence-corrected chi connectivity index (χ4v) is 2.35. The van der Waals surface area contributed by atoms with Gasteiger partial charge < -0.3 is 14.8 Å². The Hall–Kier alpha value is -2.27. The van der Waals surface area contributed by atoms with Crippen LogP contribution in [0.15, 0.2) is 59.6 Å². The molecule has 0 aromatic heterocycles. The lowest BCUT2D eigenvalue weighted by Crippen LogP contribution is -2.12. The first-order valence-corrected chi connectivity index (χ1v) is 8.00. The van der Waals surface area contributed by atoms with Crippen LogP contribution in [0.5, 0.6) is 11.5 Å². The maximum Gasteiger partial charge on any atom is 0.255 e. The van der Waals surface area contributed by atoms with Crippen LogP contribution in [-0.2, 0) is 0 Å². The van der Waals surface area contributed by atoms with Crippen LogP contribution in [0.25, 0.3) is 0 Å². The van der Waals surface area contributed by atoms with Gasteiger partial charge in [-0.3, -0.25) is 4.79 Å². The Bertz CT molecular complexity index is 700. The van der Waals surface area contributed by atoms with E-state index >= 15 is 0 Å². The number of hydrogen-bond donors (Lipinski definition) is 1. The molecule has 0 atom stereocenters. The number of ether oxygens (including phenoxy) is 2. The summed E-state index contributed by atoms with van der Waals surface area (Å²) in [5, 5.41) is 2.85. The zero-order chi connectivity index (χ0) is 16.7. The highest BCUT2D eigenvalue weighted by molar-refractivity contribution is 9.10. The molecular weight excluding hydrogens is 358 g/mol. The van der Waals surface area contributed by atoms with E-state index in [4.69, 9.17) is 9.47 Å². The molecule has 0 aliphatic carbocycles. The van der Waals surface area contributed by atoms with Crippen LogP contribution in [0.3, 0.4) is 0 Å². The molecule has 0 bridgehead atoms. The minimum absolute atomic E-state index is 0.209. The van der Waals surface area contributed by atoms with Gasteiger partial charge in [0.1, 0.15) is 6.61 Å². The largest absolute Gasteiger partial charge is 0.490 e. The molecule has 0 aliphatic heterocycles. The van der Waals surface area contributed by atoms with E-state index < -0.39 is 0 Å². The number of carbonyl (C=O) groups is 1. The van der Waals surface area contributed by atoms with Gasteiger partial charge in [-0.25, -0.2) is 0 Å². The van der Waals surface area contributed by atoms with E-state index in [0.717, 1.165) is 4.47 Å². The van der Waals surface area contributed by atoms with Crippen LogP contribution in [0.4, 0.5) is 5.69 Å². The monoisotopic (exact) mass is 375 g/mol. The Morgan fingerprint density at radius 2 is 2.04 bits per heavy atom. The van der Waals surface area contributed by atoms with Crippen molar-refractivity contribution in [3.8, 4) is 11.5 Å². The summed E-state index contributed by atoms with van der Waals surface area (Å²) in [5.74, 6) is 0.918. The lowest BCUT2D eigenvalue weighted by molar-refractivity contribution is 0.102. The highest BCUT2D eigenvalue weighted by atomic mass is 79.9. The molecule has 2 aromatic rings. The van der Waals surface area contributed by atoms with E-state index in [1.54, 1.807) is 24.3 Å². The van der Waals surface area contributed by atoms with E-state index in [2.05, 4.69) is 27.8 Å². The van der Waals surface area contributed by atoms with E-state index in [1.807, 2.05) is 31.2 Å². The van der Waals surface area contributed by atoms with E-state index in [9.17, 15) is 4.79 Å². The number of carbonyl (C=O) groups excluding carboxylic acids is 1. The number of nitrogens with one attached hydrogen (secondary N) is 1. The third kappa shape index (κ3) is 4.86. The molecule has 0 unspecified atom stereocenters. The molecule has 120 valence electrons. The molecule has 2 rings (SSSR count). The second-order valence-electron chi connectivity index (χ2n) is 4.66. The Labute approximate surface area is 144 Å². The first kappa shape index (κ1) is 17.1. The lowest BCUT2D eigenvalue weighted by atomic mass is 10.2. The van der Waals surface area contributed by atoms with Gasteiger partial charge in [-0.2, -0.15) is 0 Å². The predicted molar refractivity (Wildman–Crippen MR) is 95.4 cm³/mol. The summed E-state index contributed by atoms with van der Waals surface area (Å²) in [6, 6.07) is 12.5. The topological polar surface area (TPSA) is 47.6 Å². The van der Waals surface area contributed by atoms with Crippen LogP contribution in [0.2, 0.25) is 0 Å². The molecule has 0 radical (unpaired) electrons. The van der Waals surface area contributed by atoms with Crippen LogP contribution in [0.1, 0.15) is 17.3 Å². The molecule has 0 spiro atoms. The number of rotatable bonds is 7. The molecule has 1 N–H and O–H groups in total. The molecular formula is C18H18BrNO3. The van der Waals surface area contributed by atoms with Crippen molar-refractivity contribution in [1.82, 2.24) is 0 Å². The fourth-order valence-electron chi connectivity index (χ4n) is 1.96. The smallest absolute Gasteiger partial charge is 0.255 e. The molecule has 23 heavy (non-hydrogen) atoms. The number of halogens is 1. The summed E-state index contributed by atoms with van der Waals surface area (Å²) in [4.78, 5) is 12.4. The van der Waals surface area contributed by atoms with Gasteiger partial charge in [0, 0.05) is 15.7 Å². The Morgan fingerprint density at radius 1 is 1.22 bits per heavy atom. The van der Waals surface area contributed by atoms with Crippen molar-refractivity contribution < 1.29 is 14.3 Å². The third-order valence-electron chi connectivity index (χ3n) is 2.94. The fraction of sp³-hybridized carbons (Fsp3) is 0.167. The first-order valence-electron chi connectivity index (χ1n) is 7.21. The number of amides is 1. The maximum absolute atomic E-state index is 12.4. The summed E-state index contributed by atoms with van der Waals surface area (Å²) >= 11 is 3.38. The molecule has 0 saturated carbocycles. The van der Waals surface area contributed by atoms with Gasteiger partial charge >= 0.3 is 0 Å². The second kappa shape index (κ2) is 8.39. The van der Waals surface area contributed by atoms with E-state index in [1.165, 1.54) is 0 Å². The van der Waals surface area contributed by atoms with Gasteiger partial charge in [0.15, 0.2) is 11.5 Å². The first-order chi connectivity index (χ1) is 11.1. The van der Waals surface area contributed by atoms with Crippen molar-refractivity contribution in [2.24, 2.45) is 0 Å². The van der Waals surface area contributed by atoms with Gasteiger partial charge in [-0.15, -0.1) is 0 Å². The number of benzene rings is 2. The molecule has 0 saturated heterocycles. The van der Waals surface area contributed by atoms with Gasteiger partial charge in [0.25, 0.3) is 5.91 Å². The van der Waals surface area contributed by atoms with Crippen LogP contribution in [-0.4, -0.2) is 19.1 Å². The maximum atomic E-state index is 12.4. The molecule has 5 heteroatoms. The predicted octanol–water partition coefficient (Wildman–Crippen LogP) is 4.66. The van der Waals surface area contributed by atoms with Crippen molar-refractivity contribution in [2.45, 2.75) is 6.92 Å². The summed E-state index contributed by atoms with van der Waals surface area (Å²) in [5.41, 5.74) is 1.22. The van der Waals surface area contributed by atoms with Crippen molar-refractivity contribution in [1.29, 1.82) is 0 Å². The average molecular weight is 376 g/mol. The zero-order valence-electron chi connectivity index (χ0n) is 12.8. The Kier molecular flexibility index (Phi) is 6.23. The molecule has 0 aliphatic rings. The quantitative estimate of drug-likeness (QED) is 0.715. The second-order valence-corrected chi connectivity index (χ2v) is 5.57. The highest BCUT2D eigenvalue weighted by Crippen LogP contribution is 2.29. The summed E-state index contributed by atoms with van der Waals surface area (Å²) in [7, 11) is 0. The highest BCUT2D eigenvalue weighted by Gasteiger charge is 2.12. The van der Waals surface area contributed by atoms with Crippen molar-refractivity contribution in [3.05, 3.63) is 65.2 Å². The lowest BCUT2D eigenvalue weighted by Gasteiger charge is -2.12. The average Bonchev–Trinajstić information content (AvgIpc) is 2.54. The molecule has 0 fully saturated rings.